The molecule has 2 aromatic carbocycles. The number of hydrogen-bond donors (Lipinski definition) is 1. The van der Waals surface area contributed by atoms with E-state index in [1.165, 1.54) is 0 Å². The van der Waals surface area contributed by atoms with Crippen LogP contribution in [0, 0.1) is 13.8 Å². The van der Waals surface area contributed by atoms with E-state index in [2.05, 4.69) is 32.2 Å². The molecule has 1 N–H and O–H groups in total. The van der Waals surface area contributed by atoms with Gasteiger partial charge in [-0.3, -0.25) is 5.10 Å². The predicted octanol–water partition coefficient (Wildman–Crippen LogP) is 4.41. The topological polar surface area (TPSA) is 66.9 Å². The van der Waals surface area contributed by atoms with Gasteiger partial charge in [-0.15, -0.1) is 0 Å². The van der Waals surface area contributed by atoms with Crippen molar-refractivity contribution >= 4 is 22.4 Å². The first-order chi connectivity index (χ1) is 13.1. The number of aryl methyl sites for hydroxylation is 1. The number of benzene rings is 2. The Morgan fingerprint density at radius 1 is 1.04 bits per heavy atom. The number of rotatable bonds is 4. The van der Waals surface area contributed by atoms with Gasteiger partial charge in [-0.2, -0.15) is 5.10 Å². The van der Waals surface area contributed by atoms with Gasteiger partial charge in [0.1, 0.15) is 11.6 Å². The molecule has 0 saturated heterocycles. The normalized spacial score (nSPS) is 11.0. The summed E-state index contributed by atoms with van der Waals surface area (Å²) < 4.78 is 5.34. The van der Waals surface area contributed by atoms with Crippen LogP contribution in [0.4, 0.5) is 11.5 Å². The van der Waals surface area contributed by atoms with Crippen molar-refractivity contribution in [3.8, 4) is 17.1 Å². The molecule has 6 heteroatoms. The van der Waals surface area contributed by atoms with Gasteiger partial charge in [-0.1, -0.05) is 12.1 Å². The summed E-state index contributed by atoms with van der Waals surface area (Å²) in [5.74, 6) is 2.35. The SMILES string of the molecule is COc1cccc(-c2nc(C)c(C)c(N(C)c3ccc4[nH]ncc4c3)n2)c1. The zero-order chi connectivity index (χ0) is 19.0. The Hall–Kier alpha value is -3.41. The number of aromatic amines is 1. The van der Waals surface area contributed by atoms with E-state index in [4.69, 9.17) is 9.72 Å². The molecule has 6 nitrogen and oxygen atoms in total. The summed E-state index contributed by atoms with van der Waals surface area (Å²) in [4.78, 5) is 11.6. The summed E-state index contributed by atoms with van der Waals surface area (Å²) in [6.07, 6.45) is 1.83. The first-order valence-corrected chi connectivity index (χ1v) is 8.73. The van der Waals surface area contributed by atoms with Crippen LogP contribution in [0.15, 0.2) is 48.7 Å². The second-order valence-electron chi connectivity index (χ2n) is 6.51. The standard InChI is InChI=1S/C21H21N5O/c1-13-14(2)23-20(15-6-5-7-18(11-15)27-4)24-21(13)26(3)17-8-9-19-16(10-17)12-22-25-19/h5-12H,1-4H3,(H,22,25). The molecule has 0 aliphatic heterocycles. The van der Waals surface area contributed by atoms with Crippen molar-refractivity contribution in [1.82, 2.24) is 20.2 Å². The predicted molar refractivity (Wildman–Crippen MR) is 108 cm³/mol. The molecule has 2 aromatic heterocycles. The molecule has 4 rings (SSSR count). The van der Waals surface area contributed by atoms with E-state index in [1.54, 1.807) is 7.11 Å². The minimum Gasteiger partial charge on any atom is -0.497 e. The van der Waals surface area contributed by atoms with E-state index < -0.39 is 0 Å². The first kappa shape index (κ1) is 17.0. The fourth-order valence-electron chi connectivity index (χ4n) is 3.09. The number of H-pyrrole nitrogens is 1. The Morgan fingerprint density at radius 2 is 1.89 bits per heavy atom. The van der Waals surface area contributed by atoms with Crippen LogP contribution in [0.25, 0.3) is 22.3 Å². The number of methoxy groups -OCH3 is 1. The van der Waals surface area contributed by atoms with Gasteiger partial charge >= 0.3 is 0 Å². The molecule has 27 heavy (non-hydrogen) atoms. The lowest BCUT2D eigenvalue weighted by Crippen LogP contribution is -2.14. The van der Waals surface area contributed by atoms with Crippen LogP contribution < -0.4 is 9.64 Å². The third-order valence-electron chi connectivity index (χ3n) is 4.82. The molecular formula is C21H21N5O. The molecule has 2 heterocycles. The largest absolute Gasteiger partial charge is 0.497 e. The molecule has 0 aliphatic carbocycles. The highest BCUT2D eigenvalue weighted by Crippen LogP contribution is 2.31. The van der Waals surface area contributed by atoms with E-state index in [0.717, 1.165) is 45.0 Å². The lowest BCUT2D eigenvalue weighted by atomic mass is 10.1. The van der Waals surface area contributed by atoms with Gasteiger partial charge in [0.15, 0.2) is 5.82 Å². The summed E-state index contributed by atoms with van der Waals surface area (Å²) in [7, 11) is 3.68. The monoisotopic (exact) mass is 359 g/mol. The summed E-state index contributed by atoms with van der Waals surface area (Å²) in [6, 6.07) is 14.0. The summed E-state index contributed by atoms with van der Waals surface area (Å²) >= 11 is 0. The molecule has 0 spiro atoms. The van der Waals surface area contributed by atoms with Crippen LogP contribution in [0.3, 0.4) is 0 Å². The fourth-order valence-corrected chi connectivity index (χ4v) is 3.09. The number of anilines is 2. The maximum absolute atomic E-state index is 5.34. The van der Waals surface area contributed by atoms with Gasteiger partial charge in [-0.25, -0.2) is 9.97 Å². The molecule has 0 fully saturated rings. The van der Waals surface area contributed by atoms with Crippen molar-refractivity contribution in [2.45, 2.75) is 13.8 Å². The first-order valence-electron chi connectivity index (χ1n) is 8.73. The number of nitrogens with zero attached hydrogens (tertiary/aromatic N) is 4. The molecule has 4 aromatic rings. The highest BCUT2D eigenvalue weighted by atomic mass is 16.5. The average Bonchev–Trinajstić information content (AvgIpc) is 3.17. The number of aromatic nitrogens is 4. The van der Waals surface area contributed by atoms with Gasteiger partial charge in [0.25, 0.3) is 0 Å². The van der Waals surface area contributed by atoms with Crippen LogP contribution in [-0.2, 0) is 0 Å². The second-order valence-corrected chi connectivity index (χ2v) is 6.51. The van der Waals surface area contributed by atoms with Crippen molar-refractivity contribution in [2.75, 3.05) is 19.1 Å². The number of fused-ring (bicyclic) bond motifs is 1. The maximum Gasteiger partial charge on any atom is 0.161 e. The van der Waals surface area contributed by atoms with Gasteiger partial charge in [0, 0.05) is 34.9 Å². The highest BCUT2D eigenvalue weighted by Gasteiger charge is 2.15. The van der Waals surface area contributed by atoms with E-state index in [9.17, 15) is 0 Å². The van der Waals surface area contributed by atoms with Crippen molar-refractivity contribution in [3.63, 3.8) is 0 Å². The number of ether oxygens (including phenoxy) is 1. The summed E-state index contributed by atoms with van der Waals surface area (Å²) in [5.41, 5.74) is 4.99. The Bertz CT molecular complexity index is 1120. The zero-order valence-corrected chi connectivity index (χ0v) is 15.8. The molecular weight excluding hydrogens is 338 g/mol. The molecule has 0 amide bonds. The fraction of sp³-hybridized carbons (Fsp3) is 0.190. The Morgan fingerprint density at radius 3 is 2.70 bits per heavy atom. The number of nitrogens with one attached hydrogen (secondary N) is 1. The summed E-state index contributed by atoms with van der Waals surface area (Å²) in [5, 5.41) is 8.14. The maximum atomic E-state index is 5.34. The van der Waals surface area contributed by atoms with Crippen LogP contribution in [0.5, 0.6) is 5.75 Å². The van der Waals surface area contributed by atoms with Gasteiger partial charge < -0.3 is 9.64 Å². The third kappa shape index (κ3) is 3.10. The highest BCUT2D eigenvalue weighted by molar-refractivity contribution is 5.83. The second kappa shape index (κ2) is 6.72. The molecule has 0 saturated carbocycles. The van der Waals surface area contributed by atoms with E-state index >= 15 is 0 Å². The van der Waals surface area contributed by atoms with Crippen molar-refractivity contribution < 1.29 is 4.74 Å². The molecule has 0 aliphatic rings. The van der Waals surface area contributed by atoms with Crippen molar-refractivity contribution in [2.24, 2.45) is 0 Å². The Balaban J connectivity index is 1.80. The van der Waals surface area contributed by atoms with Gasteiger partial charge in [0.05, 0.1) is 18.8 Å². The van der Waals surface area contributed by atoms with E-state index in [0.29, 0.717) is 5.82 Å². The van der Waals surface area contributed by atoms with Crippen LogP contribution in [0.1, 0.15) is 11.3 Å². The van der Waals surface area contributed by atoms with Gasteiger partial charge in [-0.05, 0) is 44.2 Å². The minimum atomic E-state index is 0.684. The van der Waals surface area contributed by atoms with E-state index in [-0.39, 0.29) is 0 Å². The lowest BCUT2D eigenvalue weighted by Gasteiger charge is -2.22. The number of hydrogen-bond acceptors (Lipinski definition) is 5. The zero-order valence-electron chi connectivity index (χ0n) is 15.8. The van der Waals surface area contributed by atoms with Crippen molar-refractivity contribution in [1.29, 1.82) is 0 Å². The van der Waals surface area contributed by atoms with Crippen molar-refractivity contribution in [3.05, 3.63) is 59.9 Å². The molecule has 0 radical (unpaired) electrons. The van der Waals surface area contributed by atoms with Crippen LogP contribution >= 0.6 is 0 Å². The third-order valence-corrected chi connectivity index (χ3v) is 4.82. The quantitative estimate of drug-likeness (QED) is 0.584. The Kier molecular flexibility index (Phi) is 4.24. The average molecular weight is 359 g/mol. The minimum absolute atomic E-state index is 0.684. The van der Waals surface area contributed by atoms with Crippen LogP contribution in [-0.4, -0.2) is 34.3 Å². The summed E-state index contributed by atoms with van der Waals surface area (Å²) in [6.45, 7) is 4.06. The molecule has 0 bridgehead atoms. The molecule has 0 unspecified atom stereocenters. The van der Waals surface area contributed by atoms with E-state index in [1.807, 2.05) is 57.4 Å². The van der Waals surface area contributed by atoms with Gasteiger partial charge in [0.2, 0.25) is 0 Å². The smallest absolute Gasteiger partial charge is 0.161 e. The molecule has 136 valence electrons. The molecule has 0 atom stereocenters. The Labute approximate surface area is 157 Å². The lowest BCUT2D eigenvalue weighted by molar-refractivity contribution is 0.415. The van der Waals surface area contributed by atoms with Crippen LogP contribution in [0.2, 0.25) is 0 Å².